The van der Waals surface area contributed by atoms with E-state index in [1.165, 1.54) is 6.20 Å². The minimum Gasteiger partial charge on any atom is -0.353 e. The van der Waals surface area contributed by atoms with Gasteiger partial charge in [0.05, 0.1) is 0 Å². The van der Waals surface area contributed by atoms with Crippen molar-refractivity contribution in [3.63, 3.8) is 0 Å². The predicted octanol–water partition coefficient (Wildman–Crippen LogP) is 2.63. The van der Waals surface area contributed by atoms with Crippen molar-refractivity contribution in [2.24, 2.45) is 5.92 Å². The van der Waals surface area contributed by atoms with Crippen molar-refractivity contribution < 1.29 is 13.2 Å². The van der Waals surface area contributed by atoms with E-state index in [0.29, 0.717) is 38.5 Å². The van der Waals surface area contributed by atoms with Gasteiger partial charge in [0.2, 0.25) is 15.9 Å². The van der Waals surface area contributed by atoms with E-state index in [-0.39, 0.29) is 16.8 Å². The first-order valence-electron chi connectivity index (χ1n) is 10.2. The summed E-state index contributed by atoms with van der Waals surface area (Å²) < 4.78 is 27.5. The van der Waals surface area contributed by atoms with Crippen molar-refractivity contribution in [1.29, 1.82) is 0 Å². The summed E-state index contributed by atoms with van der Waals surface area (Å²) in [7, 11) is -3.55. The van der Waals surface area contributed by atoms with Crippen LogP contribution in [0, 0.1) is 5.92 Å². The Balaban J connectivity index is 1.91. The molecule has 2 rings (SSSR count). The first-order chi connectivity index (χ1) is 13.2. The molecule has 1 fully saturated rings. The van der Waals surface area contributed by atoms with Gasteiger partial charge in [-0.15, -0.1) is 0 Å². The normalized spacial score (nSPS) is 16.5. The lowest BCUT2D eigenvalue weighted by Gasteiger charge is -2.35. The molecule has 7 nitrogen and oxygen atoms in total. The fourth-order valence-electron chi connectivity index (χ4n) is 3.30. The Kier molecular flexibility index (Phi) is 8.24. The third kappa shape index (κ3) is 6.44. The van der Waals surface area contributed by atoms with E-state index in [9.17, 15) is 13.2 Å². The summed E-state index contributed by atoms with van der Waals surface area (Å²) in [6.07, 6.45) is 4.65. The molecule has 2 heterocycles. The number of nitrogens with one attached hydrogen (secondary N) is 1. The number of rotatable bonds is 9. The molecule has 0 aliphatic carbocycles. The molecule has 1 atom stereocenters. The maximum absolute atomic E-state index is 12.4. The molecule has 0 bridgehead atoms. The van der Waals surface area contributed by atoms with E-state index < -0.39 is 10.0 Å². The van der Waals surface area contributed by atoms with Crippen LogP contribution in [0.3, 0.4) is 0 Å². The summed E-state index contributed by atoms with van der Waals surface area (Å²) in [4.78, 5) is 20.8. The smallest absolute Gasteiger partial charge is 0.242 e. The van der Waals surface area contributed by atoms with E-state index in [4.69, 9.17) is 0 Å². The molecule has 1 aromatic heterocycles. The van der Waals surface area contributed by atoms with Crippen molar-refractivity contribution in [2.75, 3.05) is 31.1 Å². The third-order valence-electron chi connectivity index (χ3n) is 5.00. The van der Waals surface area contributed by atoms with Crippen LogP contribution in [0.15, 0.2) is 23.2 Å². The summed E-state index contributed by atoms with van der Waals surface area (Å²) in [5.41, 5.74) is 0. The second kappa shape index (κ2) is 10.2. The maximum Gasteiger partial charge on any atom is 0.242 e. The number of sulfonamides is 1. The number of aromatic nitrogens is 1. The number of pyridine rings is 1. The van der Waals surface area contributed by atoms with Gasteiger partial charge < -0.3 is 9.80 Å². The first-order valence-corrected chi connectivity index (χ1v) is 11.7. The van der Waals surface area contributed by atoms with Gasteiger partial charge in [-0.05, 0) is 37.8 Å². The maximum atomic E-state index is 12.4. The van der Waals surface area contributed by atoms with Crippen LogP contribution in [0.4, 0.5) is 5.82 Å². The second-order valence-electron chi connectivity index (χ2n) is 7.96. The van der Waals surface area contributed by atoms with E-state index in [1.807, 2.05) is 18.7 Å². The predicted molar refractivity (Wildman–Crippen MR) is 112 cm³/mol. The monoisotopic (exact) mass is 410 g/mol. The fourth-order valence-corrected chi connectivity index (χ4v) is 4.52. The van der Waals surface area contributed by atoms with E-state index in [0.717, 1.165) is 25.1 Å². The van der Waals surface area contributed by atoms with Gasteiger partial charge in [0.25, 0.3) is 0 Å². The Morgan fingerprint density at radius 1 is 1.14 bits per heavy atom. The molecule has 28 heavy (non-hydrogen) atoms. The van der Waals surface area contributed by atoms with Gasteiger partial charge in [-0.2, -0.15) is 0 Å². The molecule has 0 saturated carbocycles. The highest BCUT2D eigenvalue weighted by molar-refractivity contribution is 7.89. The van der Waals surface area contributed by atoms with Gasteiger partial charge in [0, 0.05) is 44.8 Å². The Morgan fingerprint density at radius 3 is 2.36 bits per heavy atom. The van der Waals surface area contributed by atoms with E-state index in [1.54, 1.807) is 12.1 Å². The quantitative estimate of drug-likeness (QED) is 0.677. The Bertz CT molecular complexity index is 726. The molecule has 158 valence electrons. The molecule has 0 radical (unpaired) electrons. The summed E-state index contributed by atoms with van der Waals surface area (Å²) in [6, 6.07) is 3.25. The molecular weight excluding hydrogens is 376 g/mol. The molecule has 1 N–H and O–H groups in total. The number of hydrogen-bond acceptors (Lipinski definition) is 5. The van der Waals surface area contributed by atoms with Crippen LogP contribution >= 0.6 is 0 Å². The third-order valence-corrected chi connectivity index (χ3v) is 6.58. The Morgan fingerprint density at radius 2 is 1.82 bits per heavy atom. The number of nitrogens with zero attached hydrogens (tertiary/aromatic N) is 3. The van der Waals surface area contributed by atoms with Crippen LogP contribution in [0.5, 0.6) is 0 Å². The highest BCUT2D eigenvalue weighted by Crippen LogP contribution is 2.18. The van der Waals surface area contributed by atoms with Crippen LogP contribution in [-0.2, 0) is 14.8 Å². The first kappa shape index (κ1) is 22.6. The topological polar surface area (TPSA) is 82.6 Å². The lowest BCUT2D eigenvalue weighted by Crippen LogP contribution is -2.49. The zero-order valence-corrected chi connectivity index (χ0v) is 18.3. The summed E-state index contributed by atoms with van der Waals surface area (Å²) in [6.45, 7) is 10.9. The number of carbonyl (C=O) groups excluding carboxylic acids is 1. The summed E-state index contributed by atoms with van der Waals surface area (Å²) in [5.74, 6) is 1.49. The number of amides is 1. The van der Waals surface area contributed by atoms with Gasteiger partial charge in [-0.3, -0.25) is 4.79 Å². The lowest BCUT2D eigenvalue weighted by atomic mass is 10.1. The molecule has 1 amide bonds. The SMILES string of the molecule is CCCC(C)NS(=O)(=O)c1ccc(N2CCN(C(=O)CCC(C)C)CC2)nc1. The number of carbonyl (C=O) groups is 1. The standard InChI is InChI=1S/C20H34N4O3S/c1-5-6-17(4)22-28(26,27)18-8-9-19(21-15-18)23-11-13-24(14-12-23)20(25)10-7-16(2)3/h8-9,15-17,22H,5-7,10-14H2,1-4H3. The molecule has 1 aromatic rings. The zero-order chi connectivity index (χ0) is 20.7. The van der Waals surface area contributed by atoms with Crippen molar-refractivity contribution in [1.82, 2.24) is 14.6 Å². The minimum absolute atomic E-state index is 0.101. The van der Waals surface area contributed by atoms with Crippen molar-refractivity contribution in [3.8, 4) is 0 Å². The number of anilines is 1. The molecule has 1 unspecified atom stereocenters. The van der Waals surface area contributed by atoms with Gasteiger partial charge in [-0.1, -0.05) is 27.2 Å². The average molecular weight is 411 g/mol. The molecule has 8 heteroatoms. The van der Waals surface area contributed by atoms with E-state index >= 15 is 0 Å². The van der Waals surface area contributed by atoms with Crippen LogP contribution in [0.2, 0.25) is 0 Å². The largest absolute Gasteiger partial charge is 0.353 e. The molecule has 0 spiro atoms. The summed E-state index contributed by atoms with van der Waals surface area (Å²) in [5, 5.41) is 0. The average Bonchev–Trinajstić information content (AvgIpc) is 2.66. The van der Waals surface area contributed by atoms with Gasteiger partial charge in [-0.25, -0.2) is 18.1 Å². The molecule has 1 aliphatic heterocycles. The van der Waals surface area contributed by atoms with Crippen LogP contribution in [-0.4, -0.2) is 56.4 Å². The molecular formula is C20H34N4O3S. The van der Waals surface area contributed by atoms with Gasteiger partial charge in [0.15, 0.2) is 0 Å². The number of piperazine rings is 1. The number of hydrogen-bond donors (Lipinski definition) is 1. The Hall–Kier alpha value is -1.67. The second-order valence-corrected chi connectivity index (χ2v) is 9.68. The van der Waals surface area contributed by atoms with Crippen LogP contribution in [0.1, 0.15) is 53.4 Å². The van der Waals surface area contributed by atoms with Crippen molar-refractivity contribution in [3.05, 3.63) is 18.3 Å². The lowest BCUT2D eigenvalue weighted by molar-refractivity contribution is -0.131. The highest BCUT2D eigenvalue weighted by Gasteiger charge is 2.23. The van der Waals surface area contributed by atoms with Crippen LogP contribution < -0.4 is 9.62 Å². The van der Waals surface area contributed by atoms with Gasteiger partial charge >= 0.3 is 0 Å². The van der Waals surface area contributed by atoms with E-state index in [2.05, 4.69) is 28.5 Å². The van der Waals surface area contributed by atoms with Crippen molar-refractivity contribution >= 4 is 21.7 Å². The Labute approximate surface area is 169 Å². The molecule has 1 saturated heterocycles. The zero-order valence-electron chi connectivity index (χ0n) is 17.5. The highest BCUT2D eigenvalue weighted by atomic mass is 32.2. The fraction of sp³-hybridized carbons (Fsp3) is 0.700. The van der Waals surface area contributed by atoms with Crippen molar-refractivity contribution in [2.45, 2.75) is 64.3 Å². The summed E-state index contributed by atoms with van der Waals surface area (Å²) >= 11 is 0. The minimum atomic E-state index is -3.55. The molecule has 0 aromatic carbocycles. The van der Waals surface area contributed by atoms with Crippen LogP contribution in [0.25, 0.3) is 0 Å². The van der Waals surface area contributed by atoms with Gasteiger partial charge in [0.1, 0.15) is 10.7 Å². The molecule has 1 aliphatic rings.